The molecule has 160 valence electrons. The number of nitrogens with zero attached hydrogens (tertiary/aromatic N) is 4. The number of benzene rings is 1. The summed E-state index contributed by atoms with van der Waals surface area (Å²) in [6.07, 6.45) is 0.803. The fourth-order valence-corrected chi connectivity index (χ4v) is 3.69. The number of hydrogen-bond donors (Lipinski definition) is 1. The van der Waals surface area contributed by atoms with E-state index in [2.05, 4.69) is 61.8 Å². The van der Waals surface area contributed by atoms with Crippen molar-refractivity contribution in [1.82, 2.24) is 19.6 Å². The van der Waals surface area contributed by atoms with Gasteiger partial charge in [0.1, 0.15) is 6.61 Å². The number of hydrogen-bond acceptors (Lipinski definition) is 6. The first-order valence-electron chi connectivity index (χ1n) is 10.2. The molecule has 7 nitrogen and oxygen atoms in total. The summed E-state index contributed by atoms with van der Waals surface area (Å²) in [6.45, 7) is 14.9. The summed E-state index contributed by atoms with van der Waals surface area (Å²) in [7, 11) is 0. The Balaban J connectivity index is 1.67. The quantitative estimate of drug-likeness (QED) is 0.642. The maximum absolute atomic E-state index is 12.4. The SMILES string of the molecule is Cc1cc(C(C)(C)C)cc(C)c1COC(=O)CCc1c(C)nc2nc(N)nn2c1C. The van der Waals surface area contributed by atoms with Gasteiger partial charge in [0.25, 0.3) is 5.78 Å². The molecule has 0 radical (unpaired) electrons. The molecule has 2 N–H and O–H groups in total. The monoisotopic (exact) mass is 409 g/mol. The first-order valence-corrected chi connectivity index (χ1v) is 10.2. The molecule has 0 amide bonds. The summed E-state index contributed by atoms with van der Waals surface area (Å²) in [5, 5.41) is 4.17. The van der Waals surface area contributed by atoms with Gasteiger partial charge in [-0.3, -0.25) is 4.79 Å². The molecule has 0 aliphatic heterocycles. The van der Waals surface area contributed by atoms with Crippen molar-refractivity contribution in [2.45, 2.75) is 73.3 Å². The first kappa shape index (κ1) is 21.7. The first-order chi connectivity index (χ1) is 14.0. The minimum Gasteiger partial charge on any atom is -0.461 e. The molecule has 3 aromatic rings. The number of fused-ring (bicyclic) bond motifs is 1. The Kier molecular flexibility index (Phi) is 5.83. The second kappa shape index (κ2) is 8.05. The summed E-state index contributed by atoms with van der Waals surface area (Å²) >= 11 is 0. The predicted molar refractivity (Wildman–Crippen MR) is 117 cm³/mol. The second-order valence-electron chi connectivity index (χ2n) is 8.94. The fourth-order valence-electron chi connectivity index (χ4n) is 3.69. The van der Waals surface area contributed by atoms with Gasteiger partial charge in [-0.25, -0.2) is 4.98 Å². The van der Waals surface area contributed by atoms with Crippen LogP contribution < -0.4 is 5.73 Å². The van der Waals surface area contributed by atoms with Crippen LogP contribution in [0, 0.1) is 27.7 Å². The molecule has 30 heavy (non-hydrogen) atoms. The lowest BCUT2D eigenvalue weighted by Crippen LogP contribution is -2.14. The number of rotatable bonds is 5. The van der Waals surface area contributed by atoms with E-state index in [1.807, 2.05) is 13.8 Å². The van der Waals surface area contributed by atoms with Gasteiger partial charge < -0.3 is 10.5 Å². The van der Waals surface area contributed by atoms with Crippen molar-refractivity contribution in [1.29, 1.82) is 0 Å². The molecular weight excluding hydrogens is 378 g/mol. The molecule has 0 aliphatic rings. The van der Waals surface area contributed by atoms with Gasteiger partial charge >= 0.3 is 5.97 Å². The van der Waals surface area contributed by atoms with Gasteiger partial charge in [-0.05, 0) is 67.3 Å². The highest BCUT2D eigenvalue weighted by molar-refractivity contribution is 5.70. The maximum Gasteiger partial charge on any atom is 0.306 e. The molecule has 0 bridgehead atoms. The number of ether oxygens (including phenoxy) is 1. The molecule has 0 unspecified atom stereocenters. The van der Waals surface area contributed by atoms with Crippen LogP contribution in [0.2, 0.25) is 0 Å². The van der Waals surface area contributed by atoms with E-state index in [1.54, 1.807) is 4.52 Å². The molecule has 7 heteroatoms. The van der Waals surface area contributed by atoms with Crippen molar-refractivity contribution in [2.75, 3.05) is 5.73 Å². The third kappa shape index (κ3) is 4.45. The van der Waals surface area contributed by atoms with Crippen LogP contribution in [0.5, 0.6) is 0 Å². The van der Waals surface area contributed by atoms with Crippen LogP contribution in [0.3, 0.4) is 0 Å². The van der Waals surface area contributed by atoms with Crippen LogP contribution in [0.4, 0.5) is 5.95 Å². The Morgan fingerprint density at radius 2 is 1.70 bits per heavy atom. The molecule has 0 saturated heterocycles. The van der Waals surface area contributed by atoms with Crippen molar-refractivity contribution in [3.8, 4) is 0 Å². The Hall–Kier alpha value is -2.96. The van der Waals surface area contributed by atoms with Gasteiger partial charge in [0, 0.05) is 17.8 Å². The minimum atomic E-state index is -0.231. The number of esters is 1. The Bertz CT molecular complexity index is 1090. The summed E-state index contributed by atoms with van der Waals surface area (Å²) in [5.74, 6) is 0.425. The maximum atomic E-state index is 12.4. The predicted octanol–water partition coefficient (Wildman–Crippen LogP) is 3.91. The number of aryl methyl sites for hydroxylation is 4. The summed E-state index contributed by atoms with van der Waals surface area (Å²) in [5.41, 5.74) is 13.1. The van der Waals surface area contributed by atoms with E-state index in [9.17, 15) is 4.79 Å². The highest BCUT2D eigenvalue weighted by atomic mass is 16.5. The lowest BCUT2D eigenvalue weighted by atomic mass is 9.84. The second-order valence-corrected chi connectivity index (χ2v) is 8.94. The van der Waals surface area contributed by atoms with Gasteiger partial charge in [0.05, 0.1) is 0 Å². The van der Waals surface area contributed by atoms with E-state index in [-0.39, 0.29) is 30.4 Å². The molecule has 0 fully saturated rings. The van der Waals surface area contributed by atoms with Crippen molar-refractivity contribution < 1.29 is 9.53 Å². The third-order valence-electron chi connectivity index (χ3n) is 5.58. The standard InChI is InChI=1S/C23H31N5O2/c1-13-10-17(23(5,6)7)11-14(2)19(13)12-30-20(29)9-8-18-15(3)25-22-26-21(24)27-28(22)16(18)4/h10-11H,8-9,12H2,1-7H3,(H2,24,27). The topological polar surface area (TPSA) is 95.4 Å². The Morgan fingerprint density at radius 3 is 2.30 bits per heavy atom. The van der Waals surface area contributed by atoms with Crippen LogP contribution in [0.25, 0.3) is 5.78 Å². The molecule has 0 atom stereocenters. The molecule has 2 aromatic heterocycles. The summed E-state index contributed by atoms with van der Waals surface area (Å²) in [6, 6.07) is 4.38. The van der Waals surface area contributed by atoms with E-state index in [0.29, 0.717) is 12.2 Å². The number of carbonyl (C=O) groups is 1. The van der Waals surface area contributed by atoms with Crippen LogP contribution in [0.15, 0.2) is 12.1 Å². The minimum absolute atomic E-state index is 0.0876. The van der Waals surface area contributed by atoms with Gasteiger partial charge in [-0.1, -0.05) is 32.9 Å². The zero-order valence-electron chi connectivity index (χ0n) is 19.0. The summed E-state index contributed by atoms with van der Waals surface area (Å²) in [4.78, 5) is 21.0. The number of anilines is 1. The molecule has 0 aliphatic carbocycles. The number of nitrogens with two attached hydrogens (primary N) is 1. The van der Waals surface area contributed by atoms with E-state index in [0.717, 1.165) is 33.6 Å². The van der Waals surface area contributed by atoms with Crippen molar-refractivity contribution in [3.05, 3.63) is 51.3 Å². The van der Waals surface area contributed by atoms with Crippen molar-refractivity contribution in [2.24, 2.45) is 0 Å². The van der Waals surface area contributed by atoms with E-state index in [1.165, 1.54) is 5.56 Å². The van der Waals surface area contributed by atoms with Crippen LogP contribution in [-0.2, 0) is 28.0 Å². The number of aromatic nitrogens is 4. The van der Waals surface area contributed by atoms with Gasteiger partial charge in [-0.15, -0.1) is 5.10 Å². The molecule has 0 saturated carbocycles. The Labute approximate surface area is 177 Å². The highest BCUT2D eigenvalue weighted by Crippen LogP contribution is 2.27. The van der Waals surface area contributed by atoms with E-state index in [4.69, 9.17) is 10.5 Å². The fraction of sp³-hybridized carbons (Fsp3) is 0.478. The molecular formula is C23H31N5O2. The number of carbonyl (C=O) groups excluding carboxylic acids is 1. The lowest BCUT2D eigenvalue weighted by Gasteiger charge is -2.22. The van der Waals surface area contributed by atoms with Gasteiger partial charge in [0.15, 0.2) is 0 Å². The zero-order chi connectivity index (χ0) is 22.2. The molecule has 3 rings (SSSR count). The van der Waals surface area contributed by atoms with E-state index < -0.39 is 0 Å². The van der Waals surface area contributed by atoms with E-state index >= 15 is 0 Å². The molecule has 2 heterocycles. The Morgan fingerprint density at radius 1 is 1.07 bits per heavy atom. The average molecular weight is 410 g/mol. The largest absolute Gasteiger partial charge is 0.461 e. The molecule has 0 spiro atoms. The van der Waals surface area contributed by atoms with Crippen LogP contribution >= 0.6 is 0 Å². The lowest BCUT2D eigenvalue weighted by molar-refractivity contribution is -0.144. The van der Waals surface area contributed by atoms with Crippen molar-refractivity contribution in [3.63, 3.8) is 0 Å². The van der Waals surface area contributed by atoms with Crippen LogP contribution in [0.1, 0.15) is 66.4 Å². The third-order valence-corrected chi connectivity index (χ3v) is 5.58. The highest BCUT2D eigenvalue weighted by Gasteiger charge is 2.18. The van der Waals surface area contributed by atoms with Crippen molar-refractivity contribution >= 4 is 17.7 Å². The van der Waals surface area contributed by atoms with Crippen LogP contribution in [-0.4, -0.2) is 25.6 Å². The smallest absolute Gasteiger partial charge is 0.306 e. The number of nitrogen functional groups attached to an aromatic ring is 1. The zero-order valence-corrected chi connectivity index (χ0v) is 19.0. The summed E-state index contributed by atoms with van der Waals surface area (Å²) < 4.78 is 7.21. The van der Waals surface area contributed by atoms with Gasteiger partial charge in [0.2, 0.25) is 5.95 Å². The van der Waals surface area contributed by atoms with Gasteiger partial charge in [-0.2, -0.15) is 9.50 Å². The average Bonchev–Trinajstić information content (AvgIpc) is 3.00. The normalized spacial score (nSPS) is 11.8. The molecule has 1 aromatic carbocycles.